The zero-order valence-corrected chi connectivity index (χ0v) is 25.7. The molecule has 2 saturated heterocycles. The van der Waals surface area contributed by atoms with Crippen LogP contribution in [0, 0.1) is 0 Å². The number of carbonyl (C=O) groups is 2. The number of nitrogens with one attached hydrogen (secondary N) is 1. The van der Waals surface area contributed by atoms with E-state index in [9.17, 15) is 14.4 Å². The summed E-state index contributed by atoms with van der Waals surface area (Å²) in [6.07, 6.45) is 5.91. The molecule has 44 heavy (non-hydrogen) atoms. The summed E-state index contributed by atoms with van der Waals surface area (Å²) >= 11 is 12.4. The van der Waals surface area contributed by atoms with Crippen LogP contribution in [-0.4, -0.2) is 42.4 Å². The van der Waals surface area contributed by atoms with E-state index in [1.807, 2.05) is 41.3 Å². The molecule has 2 aliphatic heterocycles. The minimum atomic E-state index is -0.484. The second kappa shape index (κ2) is 13.3. The number of carbonyl (C=O) groups excluding carboxylic acids is 2. The molecule has 1 N–H and O–H groups in total. The maximum Gasteiger partial charge on any atom is 0.287 e. The lowest BCUT2D eigenvalue weighted by Crippen LogP contribution is -2.37. The highest BCUT2D eigenvalue weighted by atomic mass is 35.5. The molecule has 1 aromatic heterocycles. The summed E-state index contributed by atoms with van der Waals surface area (Å²) in [5, 5.41) is 4.32. The van der Waals surface area contributed by atoms with Crippen molar-refractivity contribution in [1.29, 1.82) is 0 Å². The van der Waals surface area contributed by atoms with Gasteiger partial charge in [0.2, 0.25) is 5.91 Å². The van der Waals surface area contributed by atoms with Crippen molar-refractivity contribution in [2.45, 2.75) is 44.7 Å². The highest BCUT2D eigenvalue weighted by molar-refractivity contribution is 6.34. The van der Waals surface area contributed by atoms with Gasteiger partial charge in [0.1, 0.15) is 0 Å². The molecule has 6 rings (SSSR count). The molecule has 0 unspecified atom stereocenters. The number of fused-ring (bicyclic) bond motifs is 1. The normalized spacial score (nSPS) is 16.0. The topological polar surface area (TPSA) is 82.9 Å². The third-order valence-corrected chi connectivity index (χ3v) is 8.87. The molecule has 0 spiro atoms. The Hall–Kier alpha value is -4.07. The first kappa shape index (κ1) is 30.0. The summed E-state index contributed by atoms with van der Waals surface area (Å²) in [5.74, 6) is -0.343. The molecular weight excluding hydrogens is 597 g/mol. The van der Waals surface area contributed by atoms with Gasteiger partial charge in [-0.3, -0.25) is 14.4 Å². The number of amides is 2. The average molecular weight is 631 g/mol. The third-order valence-electron chi connectivity index (χ3n) is 8.32. The largest absolute Gasteiger partial charge is 0.449 e. The Morgan fingerprint density at radius 2 is 1.70 bits per heavy atom. The molecule has 9 heteroatoms. The van der Waals surface area contributed by atoms with Gasteiger partial charge in [0.05, 0.1) is 16.5 Å². The van der Waals surface area contributed by atoms with Crippen molar-refractivity contribution in [1.82, 2.24) is 10.2 Å². The smallest absolute Gasteiger partial charge is 0.287 e. The molecule has 3 heterocycles. The number of piperidine rings is 1. The monoisotopic (exact) mass is 629 g/mol. The molecule has 4 aromatic rings. The second-order valence-corrected chi connectivity index (χ2v) is 12.2. The van der Waals surface area contributed by atoms with Gasteiger partial charge < -0.3 is 19.5 Å². The predicted octanol–water partition coefficient (Wildman–Crippen LogP) is 6.79. The first-order valence-electron chi connectivity index (χ1n) is 14.9. The van der Waals surface area contributed by atoms with Gasteiger partial charge in [-0.2, -0.15) is 0 Å². The van der Waals surface area contributed by atoms with Crippen molar-refractivity contribution in [3.63, 3.8) is 0 Å². The maximum atomic E-state index is 13.4. The number of hydrogen-bond acceptors (Lipinski definition) is 5. The van der Waals surface area contributed by atoms with Gasteiger partial charge in [0, 0.05) is 49.4 Å². The lowest BCUT2D eigenvalue weighted by molar-refractivity contribution is -0.128. The van der Waals surface area contributed by atoms with E-state index in [0.717, 1.165) is 44.5 Å². The fraction of sp³-hybridized carbons (Fsp3) is 0.286. The van der Waals surface area contributed by atoms with Gasteiger partial charge in [-0.05, 0) is 67.1 Å². The summed E-state index contributed by atoms with van der Waals surface area (Å²) < 4.78 is 5.81. The Bertz CT molecular complexity index is 1770. The highest BCUT2D eigenvalue weighted by Gasteiger charge is 2.24. The fourth-order valence-electron chi connectivity index (χ4n) is 6.04. The Labute approximate surface area is 266 Å². The Morgan fingerprint density at radius 1 is 0.932 bits per heavy atom. The van der Waals surface area contributed by atoms with Gasteiger partial charge in [0.15, 0.2) is 16.8 Å². The zero-order chi connectivity index (χ0) is 30.6. The first-order chi connectivity index (χ1) is 21.3. The van der Waals surface area contributed by atoms with Crippen LogP contribution in [0.3, 0.4) is 0 Å². The third kappa shape index (κ3) is 6.85. The van der Waals surface area contributed by atoms with Crippen molar-refractivity contribution in [2.75, 3.05) is 24.5 Å². The second-order valence-electron chi connectivity index (χ2n) is 11.4. The summed E-state index contributed by atoms with van der Waals surface area (Å²) in [5.41, 5.74) is 4.47. The van der Waals surface area contributed by atoms with E-state index in [4.69, 9.17) is 27.6 Å². The molecule has 226 valence electrons. The number of anilines is 1. The van der Waals surface area contributed by atoms with Crippen molar-refractivity contribution in [3.8, 4) is 0 Å². The van der Waals surface area contributed by atoms with Gasteiger partial charge in [-0.1, -0.05) is 71.2 Å². The number of nitrogens with zero attached hydrogens (tertiary/aromatic N) is 2. The summed E-state index contributed by atoms with van der Waals surface area (Å²) in [6, 6.07) is 21.7. The van der Waals surface area contributed by atoms with Gasteiger partial charge in [0.25, 0.3) is 5.91 Å². The van der Waals surface area contributed by atoms with Crippen molar-refractivity contribution in [2.24, 2.45) is 0 Å². The standard InChI is InChI=1S/C35H33Cl2N3O4/c36-26-12-10-23(11-13-26)19-27(38-35(43)32-21-31(41)28-6-3-7-29(37)34(28)44-32)20-24-14-17-39(18-15-24)30-8-2-1-5-25(30)22-40-16-4-9-33(40)42/h1-3,5-8,10-13,20-21,27H,4,9,14-19,22H2,(H,38,43)/t27-/m1/s1. The molecule has 2 amide bonds. The quantitative estimate of drug-likeness (QED) is 0.217. The average Bonchev–Trinajstić information content (AvgIpc) is 3.43. The lowest BCUT2D eigenvalue weighted by Gasteiger charge is -2.33. The summed E-state index contributed by atoms with van der Waals surface area (Å²) in [4.78, 5) is 42.7. The molecule has 0 saturated carbocycles. The molecule has 0 aliphatic carbocycles. The number of hydrogen-bond donors (Lipinski definition) is 1. The highest BCUT2D eigenvalue weighted by Crippen LogP contribution is 2.29. The van der Waals surface area contributed by atoms with Gasteiger partial charge in [-0.25, -0.2) is 0 Å². The molecule has 2 aliphatic rings. The number of rotatable bonds is 8. The Balaban J connectivity index is 1.20. The fourth-order valence-corrected chi connectivity index (χ4v) is 6.38. The maximum absolute atomic E-state index is 13.4. The first-order valence-corrected chi connectivity index (χ1v) is 15.7. The summed E-state index contributed by atoms with van der Waals surface area (Å²) in [7, 11) is 0. The SMILES string of the molecule is O=C(N[C@@H](C=C1CCN(c2ccccc2CN2CCCC2=O)CC1)Cc1ccc(Cl)cc1)c1cc(=O)c2cccc(Cl)c2o1. The molecule has 2 fully saturated rings. The lowest BCUT2D eigenvalue weighted by atomic mass is 9.97. The van der Waals surface area contributed by atoms with E-state index in [0.29, 0.717) is 29.8 Å². The van der Waals surface area contributed by atoms with E-state index in [1.54, 1.807) is 18.2 Å². The zero-order valence-electron chi connectivity index (χ0n) is 24.2. The molecule has 3 aromatic carbocycles. The number of likely N-dealkylation sites (tertiary alicyclic amines) is 1. The minimum Gasteiger partial charge on any atom is -0.449 e. The molecule has 0 radical (unpaired) electrons. The molecular formula is C35H33Cl2N3O4. The van der Waals surface area contributed by atoms with Crippen LogP contribution in [0.25, 0.3) is 11.0 Å². The van der Waals surface area contributed by atoms with Crippen LogP contribution in [0.1, 0.15) is 47.4 Å². The van der Waals surface area contributed by atoms with Crippen LogP contribution in [0.2, 0.25) is 10.0 Å². The Morgan fingerprint density at radius 3 is 2.45 bits per heavy atom. The van der Waals surface area contributed by atoms with Crippen molar-refractivity contribution < 1.29 is 14.0 Å². The van der Waals surface area contributed by atoms with E-state index >= 15 is 0 Å². The van der Waals surface area contributed by atoms with Crippen LogP contribution in [-0.2, 0) is 17.8 Å². The van der Waals surface area contributed by atoms with Crippen LogP contribution in [0.4, 0.5) is 5.69 Å². The van der Waals surface area contributed by atoms with E-state index < -0.39 is 5.91 Å². The minimum absolute atomic E-state index is 0.0852. The van der Waals surface area contributed by atoms with Crippen LogP contribution < -0.4 is 15.6 Å². The van der Waals surface area contributed by atoms with E-state index in [2.05, 4.69) is 28.4 Å². The van der Waals surface area contributed by atoms with E-state index in [-0.39, 0.29) is 33.7 Å². The van der Waals surface area contributed by atoms with Gasteiger partial charge in [-0.15, -0.1) is 0 Å². The summed E-state index contributed by atoms with van der Waals surface area (Å²) in [6.45, 7) is 3.11. The molecule has 1 atom stereocenters. The van der Waals surface area contributed by atoms with E-state index in [1.165, 1.54) is 22.9 Å². The van der Waals surface area contributed by atoms with Crippen LogP contribution in [0.5, 0.6) is 0 Å². The molecule has 0 bridgehead atoms. The number of para-hydroxylation sites is 2. The van der Waals surface area contributed by atoms with Crippen molar-refractivity contribution >= 4 is 51.7 Å². The number of benzene rings is 3. The van der Waals surface area contributed by atoms with Crippen molar-refractivity contribution in [3.05, 3.63) is 122 Å². The predicted molar refractivity (Wildman–Crippen MR) is 175 cm³/mol. The molecule has 7 nitrogen and oxygen atoms in total. The van der Waals surface area contributed by atoms with Crippen LogP contribution >= 0.6 is 23.2 Å². The van der Waals surface area contributed by atoms with Crippen LogP contribution in [0.15, 0.2) is 93.7 Å². The number of halogens is 2. The Kier molecular flexibility index (Phi) is 9.05. The van der Waals surface area contributed by atoms with Gasteiger partial charge >= 0.3 is 0 Å².